The van der Waals surface area contributed by atoms with Crippen LogP contribution in [0.2, 0.25) is 5.02 Å². The molecule has 1 aromatic heterocycles. The molecule has 6 heteroatoms. The van der Waals surface area contributed by atoms with E-state index < -0.39 is 0 Å². The number of benzene rings is 2. The Morgan fingerprint density at radius 1 is 1.19 bits per heavy atom. The molecule has 3 rings (SSSR count). The molecule has 1 atom stereocenters. The Bertz CT molecular complexity index is 892. The van der Waals surface area contributed by atoms with Crippen LogP contribution in [0.3, 0.4) is 0 Å². The van der Waals surface area contributed by atoms with Gasteiger partial charge in [0.2, 0.25) is 5.91 Å². The van der Waals surface area contributed by atoms with Gasteiger partial charge in [-0.05, 0) is 37.6 Å². The van der Waals surface area contributed by atoms with Crippen molar-refractivity contribution in [1.82, 2.24) is 10.3 Å². The highest BCUT2D eigenvalue weighted by Gasteiger charge is 2.13. The van der Waals surface area contributed by atoms with Gasteiger partial charge in [-0.2, -0.15) is 0 Å². The maximum atomic E-state index is 12.3. The van der Waals surface area contributed by atoms with E-state index >= 15 is 0 Å². The molecule has 26 heavy (non-hydrogen) atoms. The zero-order valence-corrected chi connectivity index (χ0v) is 16.2. The van der Waals surface area contributed by atoms with Gasteiger partial charge in [-0.15, -0.1) is 11.3 Å². The lowest BCUT2D eigenvalue weighted by Crippen LogP contribution is -2.37. The van der Waals surface area contributed by atoms with Gasteiger partial charge in [0, 0.05) is 28.2 Å². The van der Waals surface area contributed by atoms with Crippen LogP contribution in [0.15, 0.2) is 53.9 Å². The van der Waals surface area contributed by atoms with Gasteiger partial charge >= 0.3 is 0 Å². The molecule has 1 amide bonds. The Labute approximate surface area is 162 Å². The fraction of sp³-hybridized carbons (Fsp3) is 0.200. The molecule has 0 aliphatic heterocycles. The number of halogens is 1. The lowest BCUT2D eigenvalue weighted by atomic mass is 10.1. The number of aromatic nitrogens is 1. The van der Waals surface area contributed by atoms with Crippen LogP contribution < -0.4 is 10.6 Å². The summed E-state index contributed by atoms with van der Waals surface area (Å²) in [6.07, 6.45) is 0. The van der Waals surface area contributed by atoms with Gasteiger partial charge in [-0.3, -0.25) is 4.79 Å². The SMILES string of the molecule is Cc1nc(-c2ccc(NC(C)C(=O)NCc3ccccc3Cl)cc2)cs1. The molecular formula is C20H20ClN3OS. The molecule has 0 fully saturated rings. The van der Waals surface area contributed by atoms with E-state index in [0.29, 0.717) is 11.6 Å². The van der Waals surface area contributed by atoms with Crippen molar-refractivity contribution < 1.29 is 4.79 Å². The largest absolute Gasteiger partial charge is 0.374 e. The number of carbonyl (C=O) groups excluding carboxylic acids is 1. The van der Waals surface area contributed by atoms with Crippen LogP contribution in [0.5, 0.6) is 0 Å². The van der Waals surface area contributed by atoms with Crippen LogP contribution in [-0.2, 0) is 11.3 Å². The van der Waals surface area contributed by atoms with E-state index in [1.165, 1.54) is 0 Å². The number of hydrogen-bond donors (Lipinski definition) is 2. The number of nitrogens with one attached hydrogen (secondary N) is 2. The normalized spacial score (nSPS) is 11.8. The van der Waals surface area contributed by atoms with E-state index in [-0.39, 0.29) is 11.9 Å². The highest BCUT2D eigenvalue weighted by molar-refractivity contribution is 7.09. The second-order valence-electron chi connectivity index (χ2n) is 6.00. The molecule has 0 aliphatic carbocycles. The predicted octanol–water partition coefficient (Wildman–Crippen LogP) is 4.89. The molecule has 0 bridgehead atoms. The number of nitrogens with zero attached hydrogens (tertiary/aromatic N) is 1. The molecule has 2 aromatic carbocycles. The van der Waals surface area contributed by atoms with Gasteiger partial charge in [0.1, 0.15) is 6.04 Å². The average molecular weight is 386 g/mol. The molecule has 0 saturated heterocycles. The van der Waals surface area contributed by atoms with Crippen molar-refractivity contribution in [2.45, 2.75) is 26.4 Å². The zero-order valence-electron chi connectivity index (χ0n) is 14.6. The van der Waals surface area contributed by atoms with Gasteiger partial charge in [-0.25, -0.2) is 4.98 Å². The number of rotatable bonds is 6. The van der Waals surface area contributed by atoms with Gasteiger partial charge < -0.3 is 10.6 Å². The number of hydrogen-bond acceptors (Lipinski definition) is 4. The number of carbonyl (C=O) groups is 1. The second-order valence-corrected chi connectivity index (χ2v) is 7.47. The predicted molar refractivity (Wildman–Crippen MR) is 109 cm³/mol. The zero-order chi connectivity index (χ0) is 18.5. The standard InChI is InChI=1S/C20H20ClN3OS/c1-13(20(25)22-11-16-5-3-4-6-18(16)21)23-17-9-7-15(8-10-17)19-12-26-14(2)24-19/h3-10,12-13,23H,11H2,1-2H3,(H,22,25). The Kier molecular flexibility index (Phi) is 5.91. The van der Waals surface area contributed by atoms with E-state index in [2.05, 4.69) is 15.6 Å². The monoisotopic (exact) mass is 385 g/mol. The highest BCUT2D eigenvalue weighted by atomic mass is 35.5. The lowest BCUT2D eigenvalue weighted by Gasteiger charge is -2.16. The molecule has 134 valence electrons. The molecule has 0 aliphatic rings. The first-order chi connectivity index (χ1) is 12.5. The summed E-state index contributed by atoms with van der Waals surface area (Å²) in [5.74, 6) is -0.0795. The summed E-state index contributed by atoms with van der Waals surface area (Å²) in [7, 11) is 0. The first-order valence-corrected chi connectivity index (χ1v) is 9.59. The topological polar surface area (TPSA) is 54.0 Å². The van der Waals surface area contributed by atoms with Crippen LogP contribution >= 0.6 is 22.9 Å². The average Bonchev–Trinajstić information content (AvgIpc) is 3.07. The minimum absolute atomic E-state index is 0.0795. The van der Waals surface area contributed by atoms with Crippen molar-refractivity contribution in [3.63, 3.8) is 0 Å². The van der Waals surface area contributed by atoms with Crippen LogP contribution in [0, 0.1) is 6.92 Å². The molecule has 0 spiro atoms. The van der Waals surface area contributed by atoms with E-state index in [9.17, 15) is 4.79 Å². The van der Waals surface area contributed by atoms with Crippen molar-refractivity contribution in [3.05, 3.63) is 69.5 Å². The third-order valence-corrected chi connectivity index (χ3v) is 5.13. The van der Waals surface area contributed by atoms with E-state index in [4.69, 9.17) is 11.6 Å². The number of aryl methyl sites for hydroxylation is 1. The molecule has 1 heterocycles. The third kappa shape index (κ3) is 4.62. The van der Waals surface area contributed by atoms with Crippen molar-refractivity contribution in [2.24, 2.45) is 0 Å². The molecule has 1 unspecified atom stereocenters. The summed E-state index contributed by atoms with van der Waals surface area (Å²) in [4.78, 5) is 16.8. The molecule has 0 radical (unpaired) electrons. The van der Waals surface area contributed by atoms with E-state index in [1.54, 1.807) is 11.3 Å². The molecule has 0 saturated carbocycles. The fourth-order valence-corrected chi connectivity index (χ4v) is 3.35. The molecular weight excluding hydrogens is 366 g/mol. The summed E-state index contributed by atoms with van der Waals surface area (Å²) in [6.45, 7) is 4.24. The maximum Gasteiger partial charge on any atom is 0.242 e. The third-order valence-electron chi connectivity index (χ3n) is 3.99. The van der Waals surface area contributed by atoms with Crippen LogP contribution in [-0.4, -0.2) is 16.9 Å². The second kappa shape index (κ2) is 8.34. The van der Waals surface area contributed by atoms with E-state index in [1.807, 2.05) is 67.8 Å². The highest BCUT2D eigenvalue weighted by Crippen LogP contribution is 2.23. The summed E-state index contributed by atoms with van der Waals surface area (Å²) in [6, 6.07) is 15.1. The van der Waals surface area contributed by atoms with Gasteiger partial charge in [-0.1, -0.05) is 41.9 Å². The quantitative estimate of drug-likeness (QED) is 0.635. The van der Waals surface area contributed by atoms with Crippen molar-refractivity contribution in [1.29, 1.82) is 0 Å². The first kappa shape index (κ1) is 18.4. The molecule has 2 N–H and O–H groups in total. The Balaban J connectivity index is 1.56. The summed E-state index contributed by atoms with van der Waals surface area (Å²) < 4.78 is 0. The van der Waals surface area contributed by atoms with Crippen molar-refractivity contribution in [3.8, 4) is 11.3 Å². The summed E-state index contributed by atoms with van der Waals surface area (Å²) in [5, 5.41) is 9.86. The molecule has 3 aromatic rings. The smallest absolute Gasteiger partial charge is 0.242 e. The van der Waals surface area contributed by atoms with Crippen LogP contribution in [0.1, 0.15) is 17.5 Å². The Morgan fingerprint density at radius 2 is 1.92 bits per heavy atom. The molecule has 4 nitrogen and oxygen atoms in total. The van der Waals surface area contributed by atoms with Crippen LogP contribution in [0.25, 0.3) is 11.3 Å². The first-order valence-electron chi connectivity index (χ1n) is 8.33. The Hall–Kier alpha value is -2.37. The minimum Gasteiger partial charge on any atom is -0.374 e. The summed E-state index contributed by atoms with van der Waals surface area (Å²) in [5.41, 5.74) is 3.83. The van der Waals surface area contributed by atoms with Crippen molar-refractivity contribution >= 4 is 34.5 Å². The maximum absolute atomic E-state index is 12.3. The van der Waals surface area contributed by atoms with E-state index in [0.717, 1.165) is 27.5 Å². The minimum atomic E-state index is -0.357. The Morgan fingerprint density at radius 3 is 2.58 bits per heavy atom. The number of thiazole rings is 1. The fourth-order valence-electron chi connectivity index (χ4n) is 2.53. The summed E-state index contributed by atoms with van der Waals surface area (Å²) >= 11 is 7.75. The van der Waals surface area contributed by atoms with Crippen LogP contribution in [0.4, 0.5) is 5.69 Å². The van der Waals surface area contributed by atoms with Gasteiger partial charge in [0.15, 0.2) is 0 Å². The van der Waals surface area contributed by atoms with Gasteiger partial charge in [0.05, 0.1) is 10.7 Å². The lowest BCUT2D eigenvalue weighted by molar-refractivity contribution is -0.121. The van der Waals surface area contributed by atoms with Crippen molar-refractivity contribution in [2.75, 3.05) is 5.32 Å². The van der Waals surface area contributed by atoms with Gasteiger partial charge in [0.25, 0.3) is 0 Å². The number of anilines is 1. The number of amides is 1.